The summed E-state index contributed by atoms with van der Waals surface area (Å²) < 4.78 is 50.1. The normalized spacial score (nSPS) is 28.5. The highest BCUT2D eigenvalue weighted by Crippen LogP contribution is 2.42. The smallest absolute Gasteiger partial charge is 0.271 e. The third kappa shape index (κ3) is 1.66. The molecule has 0 spiro atoms. The molecule has 1 rings (SSSR count). The van der Waals surface area contributed by atoms with Crippen LogP contribution in [0.4, 0.5) is 17.6 Å². The van der Waals surface area contributed by atoms with E-state index in [2.05, 4.69) is 0 Å². The lowest BCUT2D eigenvalue weighted by Gasteiger charge is -2.27. The minimum absolute atomic E-state index is 0.366. The summed E-state index contributed by atoms with van der Waals surface area (Å²) in [6, 6.07) is 0. The molecule has 0 aromatic carbocycles. The molecule has 0 aliphatic heterocycles. The second-order valence-electron chi connectivity index (χ2n) is 3.31. The molecule has 1 aliphatic rings. The van der Waals surface area contributed by atoms with Crippen molar-refractivity contribution in [2.24, 2.45) is 0 Å². The Hall–Kier alpha value is -0.910. The van der Waals surface area contributed by atoms with Crippen LogP contribution < -0.4 is 0 Å². The van der Waals surface area contributed by atoms with Crippen LogP contribution in [-0.4, -0.2) is 28.8 Å². The number of ketones is 1. The predicted octanol–water partition coefficient (Wildman–Crippen LogP) is 1.54. The molecule has 0 saturated carbocycles. The molecule has 1 atom stereocenters. The van der Waals surface area contributed by atoms with Gasteiger partial charge in [0.25, 0.3) is 12.3 Å². The standard InChI is InChI=1S/C8H8F4O2/c1-7(11,12)5-2-4(13)3-8(5,14)6(9)10/h2,6,14H,3H2,1H3/t8-/m1/s1. The van der Waals surface area contributed by atoms with Gasteiger partial charge in [-0.3, -0.25) is 4.79 Å². The van der Waals surface area contributed by atoms with Gasteiger partial charge in [-0.25, -0.2) is 17.6 Å². The molecule has 0 aromatic heterocycles. The summed E-state index contributed by atoms with van der Waals surface area (Å²) in [6.07, 6.45) is -3.98. The first-order valence-corrected chi connectivity index (χ1v) is 3.82. The molecule has 14 heavy (non-hydrogen) atoms. The van der Waals surface area contributed by atoms with Gasteiger partial charge < -0.3 is 5.11 Å². The molecule has 6 heteroatoms. The Morgan fingerprint density at radius 3 is 2.36 bits per heavy atom. The largest absolute Gasteiger partial charge is 0.379 e. The third-order valence-electron chi connectivity index (χ3n) is 2.05. The fraction of sp³-hybridized carbons (Fsp3) is 0.625. The van der Waals surface area contributed by atoms with Crippen molar-refractivity contribution in [2.45, 2.75) is 31.3 Å². The van der Waals surface area contributed by atoms with E-state index in [1.807, 2.05) is 0 Å². The summed E-state index contributed by atoms with van der Waals surface area (Å²) in [5, 5.41) is 9.22. The number of rotatable bonds is 2. The van der Waals surface area contributed by atoms with Crippen LogP contribution in [-0.2, 0) is 4.79 Å². The predicted molar refractivity (Wildman–Crippen MR) is 39.3 cm³/mol. The highest BCUT2D eigenvalue weighted by atomic mass is 19.3. The highest BCUT2D eigenvalue weighted by Gasteiger charge is 2.54. The molecule has 0 unspecified atom stereocenters. The molecule has 0 fully saturated rings. The van der Waals surface area contributed by atoms with Crippen molar-refractivity contribution >= 4 is 5.78 Å². The molecule has 0 saturated heterocycles. The highest BCUT2D eigenvalue weighted by molar-refractivity contribution is 5.95. The van der Waals surface area contributed by atoms with Gasteiger partial charge in [0.05, 0.1) is 0 Å². The monoisotopic (exact) mass is 212 g/mol. The van der Waals surface area contributed by atoms with Crippen LogP contribution in [0.3, 0.4) is 0 Å². The average Bonchev–Trinajstić information content (AvgIpc) is 2.26. The molecular formula is C8H8F4O2. The summed E-state index contributed by atoms with van der Waals surface area (Å²) in [7, 11) is 0. The van der Waals surface area contributed by atoms with Crippen LogP contribution in [0.25, 0.3) is 0 Å². The first kappa shape index (κ1) is 11.2. The molecule has 80 valence electrons. The Morgan fingerprint density at radius 1 is 1.57 bits per heavy atom. The van der Waals surface area contributed by atoms with E-state index in [9.17, 15) is 27.5 Å². The SMILES string of the molecule is CC(F)(F)C1=CC(=O)C[C@]1(O)C(F)F. The Bertz CT molecular complexity index is 292. The van der Waals surface area contributed by atoms with Crippen molar-refractivity contribution < 1.29 is 27.5 Å². The van der Waals surface area contributed by atoms with Crippen LogP contribution in [0.2, 0.25) is 0 Å². The van der Waals surface area contributed by atoms with Gasteiger partial charge in [-0.15, -0.1) is 0 Å². The maximum Gasteiger partial charge on any atom is 0.271 e. The van der Waals surface area contributed by atoms with Gasteiger partial charge in [0.15, 0.2) is 11.4 Å². The fourth-order valence-electron chi connectivity index (χ4n) is 1.40. The lowest BCUT2D eigenvalue weighted by Crippen LogP contribution is -2.42. The maximum absolute atomic E-state index is 12.7. The number of hydrogen-bond acceptors (Lipinski definition) is 2. The lowest BCUT2D eigenvalue weighted by atomic mass is 9.92. The molecular weight excluding hydrogens is 204 g/mol. The molecule has 0 radical (unpaired) electrons. The lowest BCUT2D eigenvalue weighted by molar-refractivity contribution is -0.125. The Balaban J connectivity index is 3.13. The Kier molecular flexibility index (Phi) is 2.43. The zero-order chi connectivity index (χ0) is 11.1. The summed E-state index contributed by atoms with van der Waals surface area (Å²) in [6.45, 7) is 0.366. The van der Waals surface area contributed by atoms with Crippen molar-refractivity contribution in [1.29, 1.82) is 0 Å². The Labute approximate surface area is 77.2 Å². The summed E-state index contributed by atoms with van der Waals surface area (Å²) >= 11 is 0. The number of carbonyl (C=O) groups is 1. The minimum atomic E-state index is -3.61. The first-order chi connectivity index (χ1) is 6.18. The number of carbonyl (C=O) groups excluding carboxylic acids is 1. The number of aliphatic hydroxyl groups is 1. The van der Waals surface area contributed by atoms with Gasteiger partial charge in [0.2, 0.25) is 0 Å². The number of allylic oxidation sites excluding steroid dienone is 1. The van der Waals surface area contributed by atoms with Gasteiger partial charge in [-0.1, -0.05) is 0 Å². The molecule has 1 N–H and O–H groups in total. The molecule has 1 aliphatic carbocycles. The third-order valence-corrected chi connectivity index (χ3v) is 2.05. The van der Waals surface area contributed by atoms with E-state index in [1.165, 1.54) is 0 Å². The second-order valence-corrected chi connectivity index (χ2v) is 3.31. The zero-order valence-corrected chi connectivity index (χ0v) is 7.23. The van der Waals surface area contributed by atoms with Gasteiger partial charge in [0, 0.05) is 18.9 Å². The van der Waals surface area contributed by atoms with Crippen molar-refractivity contribution in [2.75, 3.05) is 0 Å². The number of alkyl halides is 4. The zero-order valence-electron chi connectivity index (χ0n) is 7.23. The van der Waals surface area contributed by atoms with Crippen molar-refractivity contribution in [3.8, 4) is 0 Å². The summed E-state index contributed by atoms with van der Waals surface area (Å²) in [4.78, 5) is 10.7. The molecule has 2 nitrogen and oxygen atoms in total. The van der Waals surface area contributed by atoms with Crippen molar-refractivity contribution in [3.63, 3.8) is 0 Å². The number of hydrogen-bond donors (Lipinski definition) is 1. The van der Waals surface area contributed by atoms with Crippen LogP contribution in [0.1, 0.15) is 13.3 Å². The van der Waals surface area contributed by atoms with Crippen LogP contribution in [0, 0.1) is 0 Å². The van der Waals surface area contributed by atoms with E-state index in [0.717, 1.165) is 0 Å². The molecule has 0 aromatic rings. The average molecular weight is 212 g/mol. The number of halogens is 4. The second kappa shape index (κ2) is 3.05. The van der Waals surface area contributed by atoms with Gasteiger partial charge in [-0.2, -0.15) is 0 Å². The topological polar surface area (TPSA) is 37.3 Å². The summed E-state index contributed by atoms with van der Waals surface area (Å²) in [5.74, 6) is -4.53. The Morgan fingerprint density at radius 2 is 2.07 bits per heavy atom. The van der Waals surface area contributed by atoms with E-state index in [0.29, 0.717) is 13.0 Å². The first-order valence-electron chi connectivity index (χ1n) is 3.82. The minimum Gasteiger partial charge on any atom is -0.379 e. The van der Waals surface area contributed by atoms with Crippen LogP contribution >= 0.6 is 0 Å². The fourth-order valence-corrected chi connectivity index (χ4v) is 1.40. The van der Waals surface area contributed by atoms with Gasteiger partial charge >= 0.3 is 0 Å². The van der Waals surface area contributed by atoms with Crippen LogP contribution in [0.5, 0.6) is 0 Å². The van der Waals surface area contributed by atoms with E-state index >= 15 is 0 Å². The molecule has 0 heterocycles. The van der Waals surface area contributed by atoms with Gasteiger partial charge in [0.1, 0.15) is 0 Å². The van der Waals surface area contributed by atoms with E-state index in [1.54, 1.807) is 0 Å². The summed E-state index contributed by atoms with van der Waals surface area (Å²) in [5.41, 5.74) is -4.21. The quantitative estimate of drug-likeness (QED) is 0.705. The molecule has 0 bridgehead atoms. The van der Waals surface area contributed by atoms with Gasteiger partial charge in [-0.05, 0) is 6.08 Å². The van der Waals surface area contributed by atoms with E-state index in [-0.39, 0.29) is 0 Å². The van der Waals surface area contributed by atoms with Crippen molar-refractivity contribution in [3.05, 3.63) is 11.6 Å². The molecule has 0 amide bonds. The van der Waals surface area contributed by atoms with E-state index < -0.39 is 35.7 Å². The van der Waals surface area contributed by atoms with E-state index in [4.69, 9.17) is 0 Å². The van der Waals surface area contributed by atoms with Crippen molar-refractivity contribution in [1.82, 2.24) is 0 Å². The van der Waals surface area contributed by atoms with Crippen LogP contribution in [0.15, 0.2) is 11.6 Å². The maximum atomic E-state index is 12.7.